The molecular formula is C8H5LiO2S2. The molecule has 0 fully saturated rings. The molecule has 62 valence electrons. The van der Waals surface area contributed by atoms with E-state index in [1.807, 2.05) is 29.6 Å². The van der Waals surface area contributed by atoms with E-state index in [4.69, 9.17) is 0 Å². The minimum Gasteiger partial charge on any atom is -0.768 e. The SMILES string of the molecule is O=S([O-])c1scc2ccccc12.[Li+]. The molecule has 0 saturated heterocycles. The minimum absolute atomic E-state index is 0. The fraction of sp³-hybridized carbons (Fsp3) is 0. The average molecular weight is 204 g/mol. The predicted molar refractivity (Wildman–Crippen MR) is 49.0 cm³/mol. The van der Waals surface area contributed by atoms with E-state index in [1.165, 1.54) is 11.3 Å². The summed E-state index contributed by atoms with van der Waals surface area (Å²) in [5, 5.41) is 3.65. The van der Waals surface area contributed by atoms with Gasteiger partial charge < -0.3 is 4.55 Å². The number of fused-ring (bicyclic) bond motifs is 1. The van der Waals surface area contributed by atoms with Gasteiger partial charge in [0, 0.05) is 5.39 Å². The van der Waals surface area contributed by atoms with Gasteiger partial charge in [0.1, 0.15) is 0 Å². The third kappa shape index (κ3) is 2.04. The Kier molecular flexibility index (Phi) is 3.71. The van der Waals surface area contributed by atoms with Crippen LogP contribution in [0.25, 0.3) is 10.8 Å². The van der Waals surface area contributed by atoms with E-state index in [2.05, 4.69) is 0 Å². The molecule has 0 saturated carbocycles. The van der Waals surface area contributed by atoms with Crippen LogP contribution < -0.4 is 18.9 Å². The molecule has 1 unspecified atom stereocenters. The first kappa shape index (κ1) is 11.0. The fourth-order valence-electron chi connectivity index (χ4n) is 1.10. The van der Waals surface area contributed by atoms with Gasteiger partial charge in [-0.3, -0.25) is 4.21 Å². The molecule has 2 rings (SSSR count). The van der Waals surface area contributed by atoms with Crippen molar-refractivity contribution in [2.75, 3.05) is 0 Å². The van der Waals surface area contributed by atoms with E-state index in [1.54, 1.807) is 0 Å². The van der Waals surface area contributed by atoms with Gasteiger partial charge in [-0.05, 0) is 21.8 Å². The molecule has 0 aliphatic heterocycles. The quantitative estimate of drug-likeness (QED) is 0.448. The summed E-state index contributed by atoms with van der Waals surface area (Å²) >= 11 is -0.846. The van der Waals surface area contributed by atoms with Crippen LogP contribution in [0, 0.1) is 0 Å². The summed E-state index contributed by atoms with van der Waals surface area (Å²) in [6, 6.07) is 7.46. The molecule has 2 nitrogen and oxygen atoms in total. The molecule has 2 aromatic rings. The molecule has 0 N–H and O–H groups in total. The van der Waals surface area contributed by atoms with Gasteiger partial charge in [-0.15, -0.1) is 11.3 Å². The van der Waals surface area contributed by atoms with E-state index in [0.29, 0.717) is 4.21 Å². The zero-order valence-corrected chi connectivity index (χ0v) is 8.65. The van der Waals surface area contributed by atoms with Crippen LogP contribution in [0.3, 0.4) is 0 Å². The van der Waals surface area contributed by atoms with Crippen molar-refractivity contribution < 1.29 is 27.6 Å². The normalized spacial score (nSPS) is 12.4. The van der Waals surface area contributed by atoms with Crippen LogP contribution >= 0.6 is 11.3 Å². The topological polar surface area (TPSA) is 40.1 Å². The number of hydrogen-bond donors (Lipinski definition) is 0. The van der Waals surface area contributed by atoms with Gasteiger partial charge in [-0.25, -0.2) is 0 Å². The van der Waals surface area contributed by atoms with E-state index in [-0.39, 0.29) is 18.9 Å². The first-order valence-corrected chi connectivity index (χ1v) is 5.30. The fourth-order valence-corrected chi connectivity index (χ4v) is 2.67. The smallest absolute Gasteiger partial charge is 0.768 e. The number of thiophene rings is 1. The van der Waals surface area contributed by atoms with Gasteiger partial charge in [-0.2, -0.15) is 0 Å². The summed E-state index contributed by atoms with van der Waals surface area (Å²) in [7, 11) is 0. The molecule has 1 atom stereocenters. The van der Waals surface area contributed by atoms with Crippen LogP contribution in [0.15, 0.2) is 33.9 Å². The Balaban J connectivity index is 0.000000845. The first-order valence-electron chi connectivity index (χ1n) is 3.34. The third-order valence-electron chi connectivity index (χ3n) is 1.63. The largest absolute Gasteiger partial charge is 1.00 e. The van der Waals surface area contributed by atoms with Crippen molar-refractivity contribution in [2.24, 2.45) is 0 Å². The summed E-state index contributed by atoms with van der Waals surface area (Å²) in [6.45, 7) is 0. The second-order valence-electron chi connectivity index (χ2n) is 2.35. The Morgan fingerprint density at radius 2 is 2.00 bits per heavy atom. The second kappa shape index (κ2) is 4.40. The third-order valence-corrected chi connectivity index (χ3v) is 3.65. The summed E-state index contributed by atoms with van der Waals surface area (Å²) < 4.78 is 21.8. The molecule has 1 heterocycles. The van der Waals surface area contributed by atoms with Gasteiger partial charge in [0.25, 0.3) is 0 Å². The average Bonchev–Trinajstić information content (AvgIpc) is 2.47. The summed E-state index contributed by atoms with van der Waals surface area (Å²) in [5.74, 6) is 0. The van der Waals surface area contributed by atoms with Gasteiger partial charge >= 0.3 is 18.9 Å². The maximum atomic E-state index is 10.7. The maximum Gasteiger partial charge on any atom is 1.00 e. The summed E-state index contributed by atoms with van der Waals surface area (Å²) in [6.07, 6.45) is 0. The molecule has 1 aromatic carbocycles. The minimum atomic E-state index is -2.10. The zero-order valence-electron chi connectivity index (χ0n) is 7.02. The summed E-state index contributed by atoms with van der Waals surface area (Å²) in [5.41, 5.74) is 0. The van der Waals surface area contributed by atoms with Crippen LogP contribution in [0.2, 0.25) is 0 Å². The predicted octanol–water partition coefficient (Wildman–Crippen LogP) is -0.857. The monoisotopic (exact) mass is 204 g/mol. The van der Waals surface area contributed by atoms with E-state index in [0.717, 1.165) is 10.8 Å². The van der Waals surface area contributed by atoms with Gasteiger partial charge in [-0.1, -0.05) is 24.3 Å². The Bertz CT molecular complexity index is 438. The number of hydrogen-bond acceptors (Lipinski definition) is 3. The van der Waals surface area contributed by atoms with Crippen molar-refractivity contribution in [1.82, 2.24) is 0 Å². The van der Waals surface area contributed by atoms with Crippen LogP contribution in [-0.2, 0) is 11.1 Å². The molecule has 13 heavy (non-hydrogen) atoms. The molecule has 0 radical (unpaired) electrons. The molecule has 0 spiro atoms. The molecule has 0 aliphatic rings. The van der Waals surface area contributed by atoms with Gasteiger partial charge in [0.15, 0.2) is 0 Å². The molecule has 5 heteroatoms. The van der Waals surface area contributed by atoms with Crippen molar-refractivity contribution in [2.45, 2.75) is 4.21 Å². The zero-order chi connectivity index (χ0) is 8.55. The molecular weight excluding hydrogens is 199 g/mol. The van der Waals surface area contributed by atoms with Crippen molar-refractivity contribution in [3.05, 3.63) is 29.6 Å². The number of rotatable bonds is 1. The Hall–Kier alpha value is -0.113. The summed E-state index contributed by atoms with van der Waals surface area (Å²) in [4.78, 5) is 0. The first-order chi connectivity index (χ1) is 5.79. The van der Waals surface area contributed by atoms with E-state index < -0.39 is 11.1 Å². The maximum absolute atomic E-state index is 10.7. The molecule has 0 aliphatic carbocycles. The van der Waals surface area contributed by atoms with Crippen molar-refractivity contribution >= 4 is 33.2 Å². The van der Waals surface area contributed by atoms with Crippen LogP contribution in [-0.4, -0.2) is 8.76 Å². The molecule has 1 aromatic heterocycles. The standard InChI is InChI=1S/C8H6O2S2.Li/c9-12(10)8-7-4-2-1-3-6(7)5-11-8;/h1-5H,(H,9,10);/q;+1/p-1. The van der Waals surface area contributed by atoms with E-state index >= 15 is 0 Å². The Morgan fingerprint density at radius 1 is 1.31 bits per heavy atom. The van der Waals surface area contributed by atoms with Crippen LogP contribution in [0.1, 0.15) is 0 Å². The van der Waals surface area contributed by atoms with Crippen LogP contribution in [0.4, 0.5) is 0 Å². The second-order valence-corrected chi connectivity index (χ2v) is 4.36. The Labute approximate surface area is 94.4 Å². The van der Waals surface area contributed by atoms with Crippen molar-refractivity contribution in [3.8, 4) is 0 Å². The van der Waals surface area contributed by atoms with Gasteiger partial charge in [0.2, 0.25) is 0 Å². The van der Waals surface area contributed by atoms with E-state index in [9.17, 15) is 8.76 Å². The Morgan fingerprint density at radius 3 is 2.69 bits per heavy atom. The van der Waals surface area contributed by atoms with Gasteiger partial charge in [0.05, 0.1) is 4.21 Å². The van der Waals surface area contributed by atoms with Crippen molar-refractivity contribution in [3.63, 3.8) is 0 Å². The number of benzene rings is 1. The molecule has 0 amide bonds. The van der Waals surface area contributed by atoms with Crippen molar-refractivity contribution in [1.29, 1.82) is 0 Å². The molecule has 0 bridgehead atoms. The van der Waals surface area contributed by atoms with Crippen LogP contribution in [0.5, 0.6) is 0 Å².